The quantitative estimate of drug-likeness (QED) is 0.776. The van der Waals surface area contributed by atoms with Crippen LogP contribution in [0.3, 0.4) is 0 Å². The lowest BCUT2D eigenvalue weighted by molar-refractivity contribution is 0.292. The maximum Gasteiger partial charge on any atom is 0.146 e. The average Bonchev–Trinajstić information content (AvgIpc) is 2.45. The van der Waals surface area contributed by atoms with Crippen molar-refractivity contribution >= 4 is 15.9 Å². The van der Waals surface area contributed by atoms with Gasteiger partial charge in [-0.3, -0.25) is 0 Å². The standard InChI is InChI=1S/C15H10BrF2NO/c16-13-5-6-14(17)12(15(13)18)9-20-11-3-1-10(2-4-11)7-8-19/h1-6H,7,9H2. The average molecular weight is 338 g/mol. The molecule has 0 spiro atoms. The Morgan fingerprint density at radius 1 is 1.10 bits per heavy atom. The van der Waals surface area contributed by atoms with Crippen LogP contribution in [0.1, 0.15) is 11.1 Å². The van der Waals surface area contributed by atoms with Gasteiger partial charge in [-0.2, -0.15) is 5.26 Å². The molecule has 0 saturated heterocycles. The summed E-state index contributed by atoms with van der Waals surface area (Å²) in [6, 6.07) is 11.3. The van der Waals surface area contributed by atoms with Crippen molar-refractivity contribution in [1.82, 2.24) is 0 Å². The lowest BCUT2D eigenvalue weighted by atomic mass is 10.1. The summed E-state index contributed by atoms with van der Waals surface area (Å²) in [6.07, 6.45) is 0.315. The smallest absolute Gasteiger partial charge is 0.146 e. The molecule has 0 aliphatic heterocycles. The fourth-order valence-corrected chi connectivity index (χ4v) is 2.02. The number of nitrogens with zero attached hydrogens (tertiary/aromatic N) is 1. The zero-order chi connectivity index (χ0) is 14.5. The van der Waals surface area contributed by atoms with Crippen molar-refractivity contribution in [1.29, 1.82) is 5.26 Å². The van der Waals surface area contributed by atoms with E-state index in [2.05, 4.69) is 15.9 Å². The largest absolute Gasteiger partial charge is 0.489 e. The zero-order valence-electron chi connectivity index (χ0n) is 10.4. The molecule has 0 aliphatic rings. The monoisotopic (exact) mass is 337 g/mol. The van der Waals surface area contributed by atoms with Crippen LogP contribution in [0, 0.1) is 23.0 Å². The molecule has 0 unspecified atom stereocenters. The van der Waals surface area contributed by atoms with Crippen LogP contribution in [0.25, 0.3) is 0 Å². The van der Waals surface area contributed by atoms with Gasteiger partial charge in [0.1, 0.15) is 24.0 Å². The van der Waals surface area contributed by atoms with Gasteiger partial charge in [-0.1, -0.05) is 12.1 Å². The van der Waals surface area contributed by atoms with Crippen LogP contribution in [-0.4, -0.2) is 0 Å². The Balaban J connectivity index is 2.09. The molecule has 2 aromatic rings. The third kappa shape index (κ3) is 3.34. The molecule has 0 radical (unpaired) electrons. The normalized spacial score (nSPS) is 10.1. The minimum absolute atomic E-state index is 0.125. The second-order valence-corrected chi connectivity index (χ2v) is 4.94. The molecule has 0 N–H and O–H groups in total. The molecule has 0 atom stereocenters. The highest BCUT2D eigenvalue weighted by molar-refractivity contribution is 9.10. The van der Waals surface area contributed by atoms with E-state index in [1.165, 1.54) is 12.1 Å². The number of rotatable bonds is 4. The molecule has 5 heteroatoms. The first kappa shape index (κ1) is 14.5. The fourth-order valence-electron chi connectivity index (χ4n) is 1.65. The van der Waals surface area contributed by atoms with Gasteiger partial charge in [0.05, 0.1) is 22.5 Å². The Bertz CT molecular complexity index is 650. The highest BCUT2D eigenvalue weighted by Crippen LogP contribution is 2.23. The fraction of sp³-hybridized carbons (Fsp3) is 0.133. The Morgan fingerprint density at radius 3 is 2.45 bits per heavy atom. The molecule has 2 nitrogen and oxygen atoms in total. The van der Waals surface area contributed by atoms with Crippen molar-refractivity contribution in [2.75, 3.05) is 0 Å². The maximum absolute atomic E-state index is 13.7. The number of hydrogen-bond acceptors (Lipinski definition) is 2. The number of halogens is 3. The maximum atomic E-state index is 13.7. The van der Waals surface area contributed by atoms with Gasteiger partial charge in [0, 0.05) is 0 Å². The van der Waals surface area contributed by atoms with Crippen LogP contribution in [0.2, 0.25) is 0 Å². The summed E-state index contributed by atoms with van der Waals surface area (Å²) < 4.78 is 32.8. The van der Waals surface area contributed by atoms with E-state index in [1.807, 2.05) is 6.07 Å². The second kappa shape index (κ2) is 6.49. The minimum Gasteiger partial charge on any atom is -0.489 e. The molecule has 102 valence electrons. The summed E-state index contributed by atoms with van der Waals surface area (Å²) in [5, 5.41) is 8.56. The van der Waals surface area contributed by atoms with Gasteiger partial charge in [0.15, 0.2) is 0 Å². The van der Waals surface area contributed by atoms with E-state index in [-0.39, 0.29) is 16.6 Å². The first-order chi connectivity index (χ1) is 9.61. The van der Waals surface area contributed by atoms with E-state index < -0.39 is 11.6 Å². The topological polar surface area (TPSA) is 33.0 Å². The molecular formula is C15H10BrF2NO. The van der Waals surface area contributed by atoms with E-state index in [0.717, 1.165) is 5.56 Å². The highest BCUT2D eigenvalue weighted by Gasteiger charge is 2.12. The Labute approximate surface area is 123 Å². The molecule has 0 saturated carbocycles. The van der Waals surface area contributed by atoms with Crippen LogP contribution >= 0.6 is 15.9 Å². The predicted molar refractivity (Wildman–Crippen MR) is 74.1 cm³/mol. The van der Waals surface area contributed by atoms with Crippen LogP contribution in [0.5, 0.6) is 5.75 Å². The first-order valence-electron chi connectivity index (χ1n) is 5.83. The molecule has 0 aromatic heterocycles. The molecule has 0 heterocycles. The molecule has 2 aromatic carbocycles. The summed E-state index contributed by atoms with van der Waals surface area (Å²) in [5.41, 5.74) is 0.736. The summed E-state index contributed by atoms with van der Waals surface area (Å²) in [4.78, 5) is 0. The Hall–Kier alpha value is -1.93. The molecule has 2 rings (SSSR count). The third-order valence-electron chi connectivity index (χ3n) is 2.73. The van der Waals surface area contributed by atoms with E-state index in [0.29, 0.717) is 12.2 Å². The van der Waals surface area contributed by atoms with Gasteiger partial charge in [-0.25, -0.2) is 8.78 Å². The number of ether oxygens (including phenoxy) is 1. The van der Waals surface area contributed by atoms with Crippen molar-refractivity contribution in [3.8, 4) is 11.8 Å². The number of hydrogen-bond donors (Lipinski definition) is 0. The summed E-state index contributed by atoms with van der Waals surface area (Å²) >= 11 is 3.01. The van der Waals surface area contributed by atoms with E-state index in [9.17, 15) is 8.78 Å². The minimum atomic E-state index is -0.661. The van der Waals surface area contributed by atoms with Gasteiger partial charge >= 0.3 is 0 Å². The second-order valence-electron chi connectivity index (χ2n) is 4.09. The van der Waals surface area contributed by atoms with E-state index >= 15 is 0 Å². The van der Waals surface area contributed by atoms with Gasteiger partial charge in [-0.05, 0) is 45.8 Å². The zero-order valence-corrected chi connectivity index (χ0v) is 12.0. The lowest BCUT2D eigenvalue weighted by Gasteiger charge is -2.09. The van der Waals surface area contributed by atoms with Gasteiger partial charge in [0.25, 0.3) is 0 Å². The predicted octanol–water partition coefficient (Wildman–Crippen LogP) is 4.37. The molecule has 0 amide bonds. The van der Waals surface area contributed by atoms with E-state index in [1.54, 1.807) is 24.3 Å². The molecule has 20 heavy (non-hydrogen) atoms. The van der Waals surface area contributed by atoms with Crippen LogP contribution in [-0.2, 0) is 13.0 Å². The summed E-state index contributed by atoms with van der Waals surface area (Å²) in [7, 11) is 0. The highest BCUT2D eigenvalue weighted by atomic mass is 79.9. The van der Waals surface area contributed by atoms with Crippen molar-refractivity contribution < 1.29 is 13.5 Å². The van der Waals surface area contributed by atoms with Crippen molar-refractivity contribution in [2.24, 2.45) is 0 Å². The molecule has 0 fully saturated rings. The van der Waals surface area contributed by atoms with Crippen LogP contribution in [0.4, 0.5) is 8.78 Å². The van der Waals surface area contributed by atoms with Crippen LogP contribution < -0.4 is 4.74 Å². The lowest BCUT2D eigenvalue weighted by Crippen LogP contribution is -2.02. The molecular weight excluding hydrogens is 328 g/mol. The van der Waals surface area contributed by atoms with E-state index in [4.69, 9.17) is 10.00 Å². The van der Waals surface area contributed by atoms with Gasteiger partial charge in [-0.15, -0.1) is 0 Å². The molecule has 0 bridgehead atoms. The first-order valence-corrected chi connectivity index (χ1v) is 6.62. The summed E-state index contributed by atoms with van der Waals surface area (Å²) in [5.74, 6) is -0.816. The van der Waals surface area contributed by atoms with Crippen LogP contribution in [0.15, 0.2) is 40.9 Å². The summed E-state index contributed by atoms with van der Waals surface area (Å²) in [6.45, 7) is -0.200. The van der Waals surface area contributed by atoms with Crippen molar-refractivity contribution in [3.05, 3.63) is 63.6 Å². The Morgan fingerprint density at radius 2 is 1.80 bits per heavy atom. The van der Waals surface area contributed by atoms with Crippen molar-refractivity contribution in [3.63, 3.8) is 0 Å². The number of benzene rings is 2. The molecule has 0 aliphatic carbocycles. The van der Waals surface area contributed by atoms with Gasteiger partial charge < -0.3 is 4.74 Å². The third-order valence-corrected chi connectivity index (χ3v) is 3.34. The Kier molecular flexibility index (Phi) is 4.70. The number of nitriles is 1. The van der Waals surface area contributed by atoms with Crippen molar-refractivity contribution in [2.45, 2.75) is 13.0 Å². The SMILES string of the molecule is N#CCc1ccc(OCc2c(F)ccc(Br)c2F)cc1. The van der Waals surface area contributed by atoms with Gasteiger partial charge in [0.2, 0.25) is 0 Å².